The zero-order valence-corrected chi connectivity index (χ0v) is 11.6. The number of hydrogen-bond acceptors (Lipinski definition) is 2. The van der Waals surface area contributed by atoms with Gasteiger partial charge in [-0.15, -0.1) is 0 Å². The Morgan fingerprint density at radius 2 is 2.00 bits per heavy atom. The fraction of sp³-hybridized carbons (Fsp3) is 0.267. The Kier molecular flexibility index (Phi) is 4.68. The highest BCUT2D eigenvalue weighted by molar-refractivity contribution is 7.07. The lowest BCUT2D eigenvalue weighted by Crippen LogP contribution is -2.31. The highest BCUT2D eigenvalue weighted by Crippen LogP contribution is 2.13. The molecular formula is C15H16FNOS. The lowest BCUT2D eigenvalue weighted by atomic mass is 10.1. The standard InChI is InChI=1S/C15H16FNOS/c1-2-8-17(10-12-7-9-19-11-12)15(18)13-3-5-14(16)6-4-13/h3-7,9,11H,2,8,10H2,1H3. The van der Waals surface area contributed by atoms with Gasteiger partial charge in [-0.05, 0) is 53.1 Å². The smallest absolute Gasteiger partial charge is 0.254 e. The molecule has 0 saturated heterocycles. The maximum Gasteiger partial charge on any atom is 0.254 e. The van der Waals surface area contributed by atoms with Crippen molar-refractivity contribution in [2.45, 2.75) is 19.9 Å². The van der Waals surface area contributed by atoms with Crippen LogP contribution in [-0.4, -0.2) is 17.4 Å². The summed E-state index contributed by atoms with van der Waals surface area (Å²) in [5.41, 5.74) is 1.67. The molecule has 1 amide bonds. The predicted octanol–water partition coefficient (Wildman–Crippen LogP) is 3.94. The van der Waals surface area contributed by atoms with E-state index >= 15 is 0 Å². The Bertz CT molecular complexity index is 522. The van der Waals surface area contributed by atoms with Crippen LogP contribution >= 0.6 is 11.3 Å². The summed E-state index contributed by atoms with van der Waals surface area (Å²) >= 11 is 1.62. The molecule has 0 atom stereocenters. The van der Waals surface area contributed by atoms with Gasteiger partial charge in [0.2, 0.25) is 0 Å². The molecule has 0 saturated carbocycles. The van der Waals surface area contributed by atoms with Crippen molar-refractivity contribution in [3.05, 3.63) is 58.0 Å². The van der Waals surface area contributed by atoms with Crippen LogP contribution in [0.2, 0.25) is 0 Å². The molecule has 19 heavy (non-hydrogen) atoms. The van der Waals surface area contributed by atoms with Gasteiger partial charge < -0.3 is 4.90 Å². The molecule has 4 heteroatoms. The lowest BCUT2D eigenvalue weighted by molar-refractivity contribution is 0.0743. The van der Waals surface area contributed by atoms with E-state index in [9.17, 15) is 9.18 Å². The van der Waals surface area contributed by atoms with Gasteiger partial charge >= 0.3 is 0 Å². The van der Waals surface area contributed by atoms with Crippen LogP contribution in [0.3, 0.4) is 0 Å². The summed E-state index contributed by atoms with van der Waals surface area (Å²) in [5, 5.41) is 4.04. The zero-order valence-electron chi connectivity index (χ0n) is 10.8. The first-order chi connectivity index (χ1) is 9.20. The van der Waals surface area contributed by atoms with Crippen LogP contribution < -0.4 is 0 Å². The Labute approximate surface area is 116 Å². The second-order valence-electron chi connectivity index (χ2n) is 4.37. The normalized spacial score (nSPS) is 10.4. The fourth-order valence-corrected chi connectivity index (χ4v) is 2.56. The summed E-state index contributed by atoms with van der Waals surface area (Å²) in [6.45, 7) is 3.35. The third-order valence-electron chi connectivity index (χ3n) is 2.83. The first kappa shape index (κ1) is 13.7. The molecule has 2 rings (SSSR count). The third-order valence-corrected chi connectivity index (χ3v) is 3.56. The largest absolute Gasteiger partial charge is 0.334 e. The van der Waals surface area contributed by atoms with Crippen molar-refractivity contribution in [1.29, 1.82) is 0 Å². The van der Waals surface area contributed by atoms with Crippen molar-refractivity contribution in [3.8, 4) is 0 Å². The maximum atomic E-state index is 12.9. The fourth-order valence-electron chi connectivity index (χ4n) is 1.90. The molecule has 0 spiro atoms. The van der Waals surface area contributed by atoms with E-state index in [1.54, 1.807) is 16.2 Å². The van der Waals surface area contributed by atoms with Crippen LogP contribution in [-0.2, 0) is 6.54 Å². The number of benzene rings is 1. The first-order valence-electron chi connectivity index (χ1n) is 6.26. The van der Waals surface area contributed by atoms with Gasteiger partial charge in [0, 0.05) is 18.7 Å². The number of hydrogen-bond donors (Lipinski definition) is 0. The predicted molar refractivity (Wildman–Crippen MR) is 75.8 cm³/mol. The number of nitrogens with zero attached hydrogens (tertiary/aromatic N) is 1. The number of carbonyl (C=O) groups is 1. The number of amides is 1. The van der Waals surface area contributed by atoms with Gasteiger partial charge in [-0.25, -0.2) is 4.39 Å². The van der Waals surface area contributed by atoms with Gasteiger partial charge in [-0.3, -0.25) is 4.79 Å². The molecule has 0 aliphatic carbocycles. The Morgan fingerprint density at radius 3 is 2.58 bits per heavy atom. The molecule has 1 aromatic heterocycles. The van der Waals surface area contributed by atoms with E-state index in [1.165, 1.54) is 24.3 Å². The first-order valence-corrected chi connectivity index (χ1v) is 7.21. The minimum atomic E-state index is -0.323. The average molecular weight is 277 g/mol. The molecule has 0 N–H and O–H groups in total. The number of thiophene rings is 1. The topological polar surface area (TPSA) is 20.3 Å². The SMILES string of the molecule is CCCN(Cc1ccsc1)C(=O)c1ccc(F)cc1. The van der Waals surface area contributed by atoms with Gasteiger partial charge in [-0.2, -0.15) is 11.3 Å². The molecule has 0 bridgehead atoms. The van der Waals surface area contributed by atoms with Crippen molar-refractivity contribution in [3.63, 3.8) is 0 Å². The summed E-state index contributed by atoms with van der Waals surface area (Å²) in [7, 11) is 0. The van der Waals surface area contributed by atoms with Crippen molar-refractivity contribution in [2.24, 2.45) is 0 Å². The molecule has 1 aromatic carbocycles. The molecule has 1 heterocycles. The second-order valence-corrected chi connectivity index (χ2v) is 5.15. The van der Waals surface area contributed by atoms with Crippen molar-refractivity contribution in [1.82, 2.24) is 4.90 Å². The quantitative estimate of drug-likeness (QED) is 0.810. The lowest BCUT2D eigenvalue weighted by Gasteiger charge is -2.21. The van der Waals surface area contributed by atoms with E-state index in [4.69, 9.17) is 0 Å². The summed E-state index contributed by atoms with van der Waals surface area (Å²) < 4.78 is 12.9. The van der Waals surface area contributed by atoms with E-state index in [-0.39, 0.29) is 11.7 Å². The average Bonchev–Trinajstić information content (AvgIpc) is 2.91. The highest BCUT2D eigenvalue weighted by Gasteiger charge is 2.15. The van der Waals surface area contributed by atoms with Gasteiger partial charge in [0.15, 0.2) is 0 Å². The molecule has 0 fully saturated rings. The third kappa shape index (κ3) is 3.64. The monoisotopic (exact) mass is 277 g/mol. The second kappa shape index (κ2) is 6.48. The van der Waals surface area contributed by atoms with Gasteiger partial charge in [-0.1, -0.05) is 6.92 Å². The minimum absolute atomic E-state index is 0.0481. The number of halogens is 1. The van der Waals surface area contributed by atoms with Crippen molar-refractivity contribution >= 4 is 17.2 Å². The van der Waals surface area contributed by atoms with E-state index in [2.05, 4.69) is 0 Å². The molecule has 2 nitrogen and oxygen atoms in total. The van der Waals surface area contributed by atoms with Crippen molar-refractivity contribution < 1.29 is 9.18 Å². The maximum absolute atomic E-state index is 12.9. The van der Waals surface area contributed by atoms with E-state index < -0.39 is 0 Å². The highest BCUT2D eigenvalue weighted by atomic mass is 32.1. The van der Waals surface area contributed by atoms with Gasteiger partial charge in [0.1, 0.15) is 5.82 Å². The van der Waals surface area contributed by atoms with Crippen LogP contribution in [0.25, 0.3) is 0 Å². The van der Waals surface area contributed by atoms with E-state index in [1.807, 2.05) is 23.8 Å². The molecule has 2 aromatic rings. The summed E-state index contributed by atoms with van der Waals surface area (Å²) in [6, 6.07) is 7.73. The molecule has 0 aliphatic heterocycles. The summed E-state index contributed by atoms with van der Waals surface area (Å²) in [4.78, 5) is 14.2. The van der Waals surface area contributed by atoms with Gasteiger partial charge in [0.05, 0.1) is 0 Å². The Balaban J connectivity index is 2.13. The minimum Gasteiger partial charge on any atom is -0.334 e. The molecule has 0 aliphatic rings. The van der Waals surface area contributed by atoms with Crippen LogP contribution in [0.1, 0.15) is 29.3 Å². The molecule has 100 valence electrons. The van der Waals surface area contributed by atoms with E-state index in [0.29, 0.717) is 18.7 Å². The van der Waals surface area contributed by atoms with Gasteiger partial charge in [0.25, 0.3) is 5.91 Å². The molecule has 0 radical (unpaired) electrons. The summed E-state index contributed by atoms with van der Waals surface area (Å²) in [6.07, 6.45) is 0.900. The zero-order chi connectivity index (χ0) is 13.7. The van der Waals surface area contributed by atoms with E-state index in [0.717, 1.165) is 12.0 Å². The summed E-state index contributed by atoms with van der Waals surface area (Å²) in [5.74, 6) is -0.371. The van der Waals surface area contributed by atoms with Crippen LogP contribution in [0.5, 0.6) is 0 Å². The van der Waals surface area contributed by atoms with Crippen LogP contribution in [0.15, 0.2) is 41.1 Å². The van der Waals surface area contributed by atoms with Crippen LogP contribution in [0.4, 0.5) is 4.39 Å². The molecule has 0 unspecified atom stereocenters. The molecular weight excluding hydrogens is 261 g/mol. The van der Waals surface area contributed by atoms with Crippen molar-refractivity contribution in [2.75, 3.05) is 6.54 Å². The number of rotatable bonds is 5. The Morgan fingerprint density at radius 1 is 1.26 bits per heavy atom. The Hall–Kier alpha value is -1.68. The number of carbonyl (C=O) groups excluding carboxylic acids is 1. The van der Waals surface area contributed by atoms with Crippen LogP contribution in [0, 0.1) is 5.82 Å².